The summed E-state index contributed by atoms with van der Waals surface area (Å²) in [6, 6.07) is 8.90. The molecule has 21 heavy (non-hydrogen) atoms. The van der Waals surface area contributed by atoms with Gasteiger partial charge in [-0.2, -0.15) is 0 Å². The summed E-state index contributed by atoms with van der Waals surface area (Å²) in [5.74, 6) is 1.78. The Kier molecular flexibility index (Phi) is 9.16. The van der Waals surface area contributed by atoms with Crippen LogP contribution in [0.5, 0.6) is 5.75 Å². The molecule has 1 aromatic carbocycles. The minimum Gasteiger partial charge on any atom is -0.497 e. The van der Waals surface area contributed by atoms with Crippen molar-refractivity contribution in [3.8, 4) is 5.75 Å². The van der Waals surface area contributed by atoms with Gasteiger partial charge >= 0.3 is 0 Å². The Hall–Kier alpha value is -1.02. The summed E-state index contributed by atoms with van der Waals surface area (Å²) in [6.45, 7) is 7.97. The largest absolute Gasteiger partial charge is 0.497 e. The molecule has 0 bridgehead atoms. The van der Waals surface area contributed by atoms with Crippen LogP contribution >= 0.6 is 0 Å². The highest BCUT2D eigenvalue weighted by molar-refractivity contribution is 5.29. The van der Waals surface area contributed by atoms with Crippen molar-refractivity contribution in [2.45, 2.75) is 65.3 Å². The van der Waals surface area contributed by atoms with Gasteiger partial charge in [-0.05, 0) is 43.0 Å². The van der Waals surface area contributed by atoms with Crippen LogP contribution in [0.1, 0.15) is 70.9 Å². The van der Waals surface area contributed by atoms with Crippen molar-refractivity contribution in [1.82, 2.24) is 5.32 Å². The zero-order valence-corrected chi connectivity index (χ0v) is 14.3. The van der Waals surface area contributed by atoms with Crippen molar-refractivity contribution in [1.29, 1.82) is 0 Å². The molecule has 0 aliphatic rings. The third-order valence-corrected chi connectivity index (χ3v) is 4.03. The number of hydrogen-bond donors (Lipinski definition) is 1. The third-order valence-electron chi connectivity index (χ3n) is 4.03. The molecule has 2 nitrogen and oxygen atoms in total. The lowest BCUT2D eigenvalue weighted by Crippen LogP contribution is -2.21. The van der Waals surface area contributed by atoms with E-state index in [0.29, 0.717) is 6.04 Å². The lowest BCUT2D eigenvalue weighted by Gasteiger charge is -2.18. The molecule has 0 heterocycles. The number of methoxy groups -OCH3 is 1. The Bertz CT molecular complexity index is 358. The van der Waals surface area contributed by atoms with Crippen LogP contribution in [0.25, 0.3) is 0 Å². The Morgan fingerprint density at radius 3 is 2.24 bits per heavy atom. The van der Waals surface area contributed by atoms with Crippen molar-refractivity contribution in [3.63, 3.8) is 0 Å². The summed E-state index contributed by atoms with van der Waals surface area (Å²) < 4.78 is 5.21. The molecule has 120 valence electrons. The van der Waals surface area contributed by atoms with Gasteiger partial charge in [-0.15, -0.1) is 0 Å². The van der Waals surface area contributed by atoms with Crippen LogP contribution in [0.2, 0.25) is 0 Å². The van der Waals surface area contributed by atoms with E-state index in [-0.39, 0.29) is 0 Å². The van der Waals surface area contributed by atoms with E-state index < -0.39 is 0 Å². The first-order chi connectivity index (χ1) is 10.2. The van der Waals surface area contributed by atoms with E-state index in [1.54, 1.807) is 7.11 Å². The Morgan fingerprint density at radius 2 is 1.67 bits per heavy atom. The van der Waals surface area contributed by atoms with Crippen molar-refractivity contribution >= 4 is 0 Å². The third kappa shape index (κ3) is 7.52. The SMILES string of the molecule is CCC(NCCCCCCC(C)C)c1ccc(OC)cc1. The predicted octanol–water partition coefficient (Wildman–Crippen LogP) is 5.34. The second kappa shape index (κ2) is 10.7. The molecule has 1 atom stereocenters. The summed E-state index contributed by atoms with van der Waals surface area (Å²) >= 11 is 0. The molecule has 0 aromatic heterocycles. The van der Waals surface area contributed by atoms with Crippen LogP contribution in [0.15, 0.2) is 24.3 Å². The van der Waals surface area contributed by atoms with Crippen molar-refractivity contribution in [2.24, 2.45) is 5.92 Å². The first kappa shape index (κ1) is 18.0. The quantitative estimate of drug-likeness (QED) is 0.555. The zero-order valence-electron chi connectivity index (χ0n) is 14.3. The molecule has 0 aliphatic heterocycles. The Balaban J connectivity index is 2.21. The van der Waals surface area contributed by atoms with E-state index in [9.17, 15) is 0 Å². The van der Waals surface area contributed by atoms with E-state index in [2.05, 4.69) is 38.2 Å². The van der Waals surface area contributed by atoms with Crippen LogP contribution in [0.4, 0.5) is 0 Å². The molecule has 0 radical (unpaired) electrons. The van der Waals surface area contributed by atoms with Crippen LogP contribution in [0, 0.1) is 5.92 Å². The minimum atomic E-state index is 0.464. The molecular formula is C19H33NO. The zero-order chi connectivity index (χ0) is 15.5. The van der Waals surface area contributed by atoms with Crippen LogP contribution < -0.4 is 10.1 Å². The van der Waals surface area contributed by atoms with Gasteiger partial charge in [0, 0.05) is 6.04 Å². The molecule has 0 fully saturated rings. The van der Waals surface area contributed by atoms with Gasteiger partial charge in [0.05, 0.1) is 7.11 Å². The summed E-state index contributed by atoms with van der Waals surface area (Å²) in [7, 11) is 1.71. The first-order valence-electron chi connectivity index (χ1n) is 8.54. The fraction of sp³-hybridized carbons (Fsp3) is 0.684. The van der Waals surface area contributed by atoms with Gasteiger partial charge < -0.3 is 10.1 Å². The number of ether oxygens (including phenoxy) is 1. The maximum absolute atomic E-state index is 5.21. The maximum atomic E-state index is 5.21. The average Bonchev–Trinajstić information content (AvgIpc) is 2.50. The fourth-order valence-corrected chi connectivity index (χ4v) is 2.64. The van der Waals surface area contributed by atoms with E-state index in [0.717, 1.165) is 24.6 Å². The standard InChI is InChI=1S/C19H33NO/c1-5-19(17-11-13-18(21-4)14-12-17)20-15-9-7-6-8-10-16(2)3/h11-14,16,19-20H,5-10,15H2,1-4H3. The van der Waals surface area contributed by atoms with Gasteiger partial charge in [0.1, 0.15) is 5.75 Å². The molecule has 1 N–H and O–H groups in total. The van der Waals surface area contributed by atoms with Crippen molar-refractivity contribution in [2.75, 3.05) is 13.7 Å². The van der Waals surface area contributed by atoms with Crippen molar-refractivity contribution in [3.05, 3.63) is 29.8 Å². The number of hydrogen-bond acceptors (Lipinski definition) is 2. The minimum absolute atomic E-state index is 0.464. The van der Waals surface area contributed by atoms with E-state index in [1.165, 1.54) is 37.7 Å². The van der Waals surface area contributed by atoms with Gasteiger partial charge in [-0.3, -0.25) is 0 Å². The second-order valence-corrected chi connectivity index (χ2v) is 6.28. The summed E-state index contributed by atoms with van der Waals surface area (Å²) in [4.78, 5) is 0. The number of benzene rings is 1. The molecule has 0 amide bonds. The number of unbranched alkanes of at least 4 members (excludes halogenated alkanes) is 3. The highest BCUT2D eigenvalue weighted by atomic mass is 16.5. The average molecular weight is 291 g/mol. The van der Waals surface area contributed by atoms with Gasteiger partial charge in [0.25, 0.3) is 0 Å². The van der Waals surface area contributed by atoms with Gasteiger partial charge in [0.2, 0.25) is 0 Å². The summed E-state index contributed by atoms with van der Waals surface area (Å²) in [5, 5.41) is 3.68. The van der Waals surface area contributed by atoms with Crippen LogP contribution in [0.3, 0.4) is 0 Å². The first-order valence-corrected chi connectivity index (χ1v) is 8.54. The maximum Gasteiger partial charge on any atom is 0.118 e. The van der Waals surface area contributed by atoms with Gasteiger partial charge in [-0.1, -0.05) is 58.6 Å². The molecule has 1 aromatic rings. The molecule has 0 saturated carbocycles. The van der Waals surface area contributed by atoms with Crippen LogP contribution in [-0.4, -0.2) is 13.7 Å². The molecule has 2 heteroatoms. The topological polar surface area (TPSA) is 21.3 Å². The molecule has 0 saturated heterocycles. The lowest BCUT2D eigenvalue weighted by molar-refractivity contribution is 0.414. The van der Waals surface area contributed by atoms with Gasteiger partial charge in [-0.25, -0.2) is 0 Å². The van der Waals surface area contributed by atoms with Gasteiger partial charge in [0.15, 0.2) is 0 Å². The monoisotopic (exact) mass is 291 g/mol. The molecule has 1 rings (SSSR count). The molecular weight excluding hydrogens is 258 g/mol. The Labute approximate surface area is 131 Å². The predicted molar refractivity (Wildman–Crippen MR) is 92.0 cm³/mol. The fourth-order valence-electron chi connectivity index (χ4n) is 2.64. The van der Waals surface area contributed by atoms with Crippen molar-refractivity contribution < 1.29 is 4.74 Å². The number of rotatable bonds is 11. The second-order valence-electron chi connectivity index (χ2n) is 6.28. The Morgan fingerprint density at radius 1 is 1.00 bits per heavy atom. The van der Waals surface area contributed by atoms with E-state index in [1.807, 2.05) is 12.1 Å². The highest BCUT2D eigenvalue weighted by Gasteiger charge is 2.08. The van der Waals surface area contributed by atoms with Crippen LogP contribution in [-0.2, 0) is 0 Å². The molecule has 0 spiro atoms. The molecule has 0 aliphatic carbocycles. The van der Waals surface area contributed by atoms with E-state index >= 15 is 0 Å². The molecule has 1 unspecified atom stereocenters. The summed E-state index contributed by atoms with van der Waals surface area (Å²) in [5.41, 5.74) is 1.36. The number of nitrogens with one attached hydrogen (secondary N) is 1. The lowest BCUT2D eigenvalue weighted by atomic mass is 10.0. The normalized spacial score (nSPS) is 12.6. The smallest absolute Gasteiger partial charge is 0.118 e. The summed E-state index contributed by atoms with van der Waals surface area (Å²) in [6.07, 6.45) is 7.88. The van der Waals surface area contributed by atoms with E-state index in [4.69, 9.17) is 4.74 Å². The highest BCUT2D eigenvalue weighted by Crippen LogP contribution is 2.20.